The van der Waals surface area contributed by atoms with E-state index >= 15 is 0 Å². The summed E-state index contributed by atoms with van der Waals surface area (Å²) in [6.45, 7) is 0. The number of rotatable bonds is 3. The van der Waals surface area contributed by atoms with Crippen LogP contribution in [0.2, 0.25) is 0 Å². The first kappa shape index (κ1) is 11.8. The highest BCUT2D eigenvalue weighted by Crippen LogP contribution is 2.23. The van der Waals surface area contributed by atoms with Gasteiger partial charge in [0, 0.05) is 20.3 Å². The monoisotopic (exact) mass is 242 g/mol. The van der Waals surface area contributed by atoms with Crippen LogP contribution in [-0.4, -0.2) is 27.4 Å². The second kappa shape index (κ2) is 4.47. The average Bonchev–Trinajstić information content (AvgIpc) is 2.66. The zero-order valence-corrected chi connectivity index (χ0v) is 9.97. The van der Waals surface area contributed by atoms with E-state index in [0.29, 0.717) is 0 Å². The van der Waals surface area contributed by atoms with Crippen LogP contribution in [0.5, 0.6) is 0 Å². The summed E-state index contributed by atoms with van der Waals surface area (Å²) in [5.41, 5.74) is 0. The van der Waals surface area contributed by atoms with Crippen molar-refractivity contribution in [2.24, 2.45) is 0 Å². The Labute approximate surface area is 93.0 Å². The first-order chi connectivity index (χ1) is 6.98. The standard InChI is InChI=1S/C9H10N2O2S2/c1-11(2)7-8(6-10)15(12,13)9-4-3-5-14-9/h3-5,7H,1-2H3/b8-7+. The molecular formula is C9H10N2O2S2. The van der Waals surface area contributed by atoms with Gasteiger partial charge in [-0.2, -0.15) is 5.26 Å². The molecule has 0 spiro atoms. The van der Waals surface area contributed by atoms with Gasteiger partial charge in [0.05, 0.1) is 0 Å². The lowest BCUT2D eigenvalue weighted by atomic mass is 10.6. The zero-order valence-electron chi connectivity index (χ0n) is 8.34. The summed E-state index contributed by atoms with van der Waals surface area (Å²) in [7, 11) is -0.290. The number of hydrogen-bond donors (Lipinski definition) is 0. The molecule has 6 heteroatoms. The topological polar surface area (TPSA) is 61.2 Å². The molecule has 0 aliphatic heterocycles. The minimum Gasteiger partial charge on any atom is -0.382 e. The Bertz CT molecular complexity index is 493. The third-order valence-electron chi connectivity index (χ3n) is 1.54. The van der Waals surface area contributed by atoms with Gasteiger partial charge in [0.2, 0.25) is 9.84 Å². The fourth-order valence-corrected chi connectivity index (χ4v) is 3.25. The van der Waals surface area contributed by atoms with Crippen LogP contribution < -0.4 is 0 Å². The molecule has 1 aromatic heterocycles. The Kier molecular flexibility index (Phi) is 3.50. The Morgan fingerprint density at radius 1 is 1.60 bits per heavy atom. The summed E-state index contributed by atoms with van der Waals surface area (Å²) in [6, 6.07) is 4.83. The molecule has 0 aliphatic rings. The first-order valence-electron chi connectivity index (χ1n) is 4.05. The van der Waals surface area contributed by atoms with Crippen molar-refractivity contribution in [3.63, 3.8) is 0 Å². The van der Waals surface area contributed by atoms with Gasteiger partial charge < -0.3 is 4.90 Å². The number of thiophene rings is 1. The minimum atomic E-state index is -3.63. The Morgan fingerprint density at radius 2 is 2.27 bits per heavy atom. The van der Waals surface area contributed by atoms with Gasteiger partial charge in [0.15, 0.2) is 4.91 Å². The molecule has 0 bridgehead atoms. The summed E-state index contributed by atoms with van der Waals surface area (Å²) >= 11 is 1.10. The summed E-state index contributed by atoms with van der Waals surface area (Å²) in [5, 5.41) is 10.5. The van der Waals surface area contributed by atoms with Crippen molar-refractivity contribution in [2.75, 3.05) is 14.1 Å². The van der Waals surface area contributed by atoms with Crippen molar-refractivity contribution in [1.82, 2.24) is 4.90 Å². The number of sulfone groups is 1. The summed E-state index contributed by atoms with van der Waals surface area (Å²) in [5.74, 6) is 0. The van der Waals surface area contributed by atoms with Crippen LogP contribution in [0.25, 0.3) is 0 Å². The maximum atomic E-state index is 11.9. The summed E-state index contributed by atoms with van der Waals surface area (Å²) in [6.07, 6.45) is 1.30. The molecule has 0 saturated carbocycles. The quantitative estimate of drug-likeness (QED) is 0.753. The molecule has 0 amide bonds. The molecule has 0 unspecified atom stereocenters. The zero-order chi connectivity index (χ0) is 11.5. The van der Waals surface area contributed by atoms with Crippen LogP contribution in [0.1, 0.15) is 0 Å². The fraction of sp³-hybridized carbons (Fsp3) is 0.222. The fourth-order valence-electron chi connectivity index (χ4n) is 0.918. The molecule has 0 N–H and O–H groups in total. The van der Waals surface area contributed by atoms with E-state index in [4.69, 9.17) is 5.26 Å². The van der Waals surface area contributed by atoms with Crippen molar-refractivity contribution >= 4 is 21.2 Å². The van der Waals surface area contributed by atoms with Gasteiger partial charge in [-0.15, -0.1) is 11.3 Å². The van der Waals surface area contributed by atoms with Crippen LogP contribution in [0.3, 0.4) is 0 Å². The van der Waals surface area contributed by atoms with E-state index in [1.54, 1.807) is 31.6 Å². The van der Waals surface area contributed by atoms with Crippen LogP contribution in [0, 0.1) is 11.3 Å². The molecule has 0 fully saturated rings. The highest BCUT2D eigenvalue weighted by molar-refractivity contribution is 7.97. The third kappa shape index (κ3) is 2.58. The van der Waals surface area contributed by atoms with Crippen LogP contribution in [0.15, 0.2) is 32.8 Å². The highest BCUT2D eigenvalue weighted by atomic mass is 32.2. The van der Waals surface area contributed by atoms with E-state index in [1.807, 2.05) is 0 Å². The number of allylic oxidation sites excluding steroid dienone is 1. The second-order valence-corrected chi connectivity index (χ2v) is 6.10. The Balaban J connectivity index is 3.23. The van der Waals surface area contributed by atoms with Gasteiger partial charge in [-0.25, -0.2) is 8.42 Å². The van der Waals surface area contributed by atoms with Gasteiger partial charge >= 0.3 is 0 Å². The highest BCUT2D eigenvalue weighted by Gasteiger charge is 2.21. The molecule has 1 aromatic rings. The number of hydrogen-bond acceptors (Lipinski definition) is 5. The molecule has 4 nitrogen and oxygen atoms in total. The molecule has 15 heavy (non-hydrogen) atoms. The molecular weight excluding hydrogens is 232 g/mol. The second-order valence-electron chi connectivity index (χ2n) is 3.00. The van der Waals surface area contributed by atoms with Crippen LogP contribution >= 0.6 is 11.3 Å². The lowest BCUT2D eigenvalue weighted by Crippen LogP contribution is -2.08. The van der Waals surface area contributed by atoms with E-state index in [1.165, 1.54) is 17.2 Å². The van der Waals surface area contributed by atoms with E-state index in [0.717, 1.165) is 11.3 Å². The molecule has 0 aliphatic carbocycles. The van der Waals surface area contributed by atoms with Gasteiger partial charge in [0.1, 0.15) is 10.3 Å². The Hall–Kier alpha value is -1.32. The van der Waals surface area contributed by atoms with Crippen molar-refractivity contribution in [3.05, 3.63) is 28.6 Å². The van der Waals surface area contributed by atoms with Crippen LogP contribution in [-0.2, 0) is 9.84 Å². The lowest BCUT2D eigenvalue weighted by molar-refractivity contribution is 0.559. The van der Waals surface area contributed by atoms with Gasteiger partial charge in [0.25, 0.3) is 0 Å². The molecule has 0 atom stereocenters. The largest absolute Gasteiger partial charge is 0.382 e. The van der Waals surface area contributed by atoms with E-state index in [9.17, 15) is 8.42 Å². The van der Waals surface area contributed by atoms with Gasteiger partial charge in [-0.1, -0.05) is 6.07 Å². The predicted molar refractivity (Wildman–Crippen MR) is 58.9 cm³/mol. The van der Waals surface area contributed by atoms with E-state index < -0.39 is 9.84 Å². The summed E-state index contributed by atoms with van der Waals surface area (Å²) < 4.78 is 23.9. The third-order valence-corrected chi connectivity index (χ3v) is 4.59. The maximum absolute atomic E-state index is 11.9. The van der Waals surface area contributed by atoms with Crippen LogP contribution in [0.4, 0.5) is 0 Å². The van der Waals surface area contributed by atoms with Crippen molar-refractivity contribution < 1.29 is 8.42 Å². The van der Waals surface area contributed by atoms with E-state index in [-0.39, 0.29) is 9.11 Å². The molecule has 0 radical (unpaired) electrons. The molecule has 80 valence electrons. The lowest BCUT2D eigenvalue weighted by Gasteiger charge is -2.06. The average molecular weight is 242 g/mol. The number of nitrogens with zero attached hydrogens (tertiary/aromatic N) is 2. The van der Waals surface area contributed by atoms with Crippen molar-refractivity contribution in [3.8, 4) is 6.07 Å². The smallest absolute Gasteiger partial charge is 0.227 e. The normalized spacial score (nSPS) is 12.2. The first-order valence-corrected chi connectivity index (χ1v) is 6.41. The van der Waals surface area contributed by atoms with Gasteiger partial charge in [-0.3, -0.25) is 0 Å². The molecule has 1 heterocycles. The Morgan fingerprint density at radius 3 is 2.67 bits per heavy atom. The molecule has 1 rings (SSSR count). The van der Waals surface area contributed by atoms with E-state index in [2.05, 4.69) is 0 Å². The van der Waals surface area contributed by atoms with Crippen molar-refractivity contribution in [1.29, 1.82) is 5.26 Å². The maximum Gasteiger partial charge on any atom is 0.227 e. The molecule has 0 saturated heterocycles. The SMILES string of the molecule is CN(C)/C=C(\C#N)S(=O)(=O)c1cccs1. The summed E-state index contributed by atoms with van der Waals surface area (Å²) in [4.78, 5) is 1.29. The predicted octanol–water partition coefficient (Wildman–Crippen LogP) is 1.45. The van der Waals surface area contributed by atoms with Crippen molar-refractivity contribution in [2.45, 2.75) is 4.21 Å². The van der Waals surface area contributed by atoms with Gasteiger partial charge in [-0.05, 0) is 11.4 Å². The molecule has 0 aromatic carbocycles. The minimum absolute atomic E-state index is 0.192. The number of nitriles is 1.